The van der Waals surface area contributed by atoms with Crippen molar-refractivity contribution in [3.8, 4) is 11.3 Å². The van der Waals surface area contributed by atoms with Gasteiger partial charge in [-0.2, -0.15) is 13.2 Å². The van der Waals surface area contributed by atoms with Gasteiger partial charge in [0.2, 0.25) is 0 Å². The quantitative estimate of drug-likeness (QED) is 0.558. The number of hydrogen-bond donors (Lipinski definition) is 0. The molecule has 3 rings (SSSR count). The van der Waals surface area contributed by atoms with Gasteiger partial charge < -0.3 is 4.57 Å². The molecule has 108 valence electrons. The minimum absolute atomic E-state index is 0.287. The average Bonchev–Trinajstić information content (AvgIpc) is 2.76. The van der Waals surface area contributed by atoms with E-state index >= 15 is 0 Å². The molecule has 0 amide bonds. The van der Waals surface area contributed by atoms with Crippen LogP contribution in [0.2, 0.25) is 5.02 Å². The van der Waals surface area contributed by atoms with E-state index in [2.05, 4.69) is 0 Å². The summed E-state index contributed by atoms with van der Waals surface area (Å²) in [5.41, 5.74) is 1.37. The molecule has 0 saturated heterocycles. The fourth-order valence-electron chi connectivity index (χ4n) is 2.47. The van der Waals surface area contributed by atoms with Crippen molar-refractivity contribution in [2.24, 2.45) is 7.05 Å². The maximum absolute atomic E-state index is 13.0. The number of halogens is 4. The van der Waals surface area contributed by atoms with Gasteiger partial charge >= 0.3 is 6.18 Å². The van der Waals surface area contributed by atoms with Crippen LogP contribution >= 0.6 is 11.6 Å². The molecule has 0 fully saturated rings. The molecule has 21 heavy (non-hydrogen) atoms. The molecule has 3 aromatic rings. The van der Waals surface area contributed by atoms with Crippen LogP contribution < -0.4 is 0 Å². The maximum Gasteiger partial charge on any atom is 0.417 e. The fourth-order valence-corrected chi connectivity index (χ4v) is 2.69. The maximum atomic E-state index is 13.0. The Hall–Kier alpha value is -1.94. The molecule has 0 atom stereocenters. The van der Waals surface area contributed by atoms with E-state index in [1.54, 1.807) is 6.07 Å². The number of rotatable bonds is 1. The Bertz CT molecular complexity index is 818. The summed E-state index contributed by atoms with van der Waals surface area (Å²) < 4.78 is 40.7. The molecule has 2 aromatic carbocycles. The van der Waals surface area contributed by atoms with Gasteiger partial charge in [-0.25, -0.2) is 0 Å². The highest BCUT2D eigenvalue weighted by atomic mass is 35.5. The minimum atomic E-state index is -4.46. The molecule has 1 heterocycles. The van der Waals surface area contributed by atoms with Crippen LogP contribution in [0.4, 0.5) is 13.2 Å². The smallest absolute Gasteiger partial charge is 0.344 e. The number of nitrogens with zero attached hydrogens (tertiary/aromatic N) is 1. The Balaban J connectivity index is 2.22. The molecule has 1 nitrogen and oxygen atoms in total. The van der Waals surface area contributed by atoms with Crippen LogP contribution in [0.3, 0.4) is 0 Å². The van der Waals surface area contributed by atoms with Crippen LogP contribution in [0.5, 0.6) is 0 Å². The van der Waals surface area contributed by atoms with E-state index in [9.17, 15) is 13.2 Å². The zero-order valence-corrected chi connectivity index (χ0v) is 11.8. The Kier molecular flexibility index (Phi) is 3.21. The fraction of sp³-hybridized carbons (Fsp3) is 0.125. The molecular weight excluding hydrogens is 299 g/mol. The second-order valence-electron chi connectivity index (χ2n) is 4.84. The van der Waals surface area contributed by atoms with E-state index in [-0.39, 0.29) is 5.02 Å². The van der Waals surface area contributed by atoms with Crippen molar-refractivity contribution in [1.29, 1.82) is 0 Å². The summed E-state index contributed by atoms with van der Waals surface area (Å²) in [5.74, 6) is 0. The standard InChI is InChI=1S/C16H11ClF3N/c1-21-14-5-3-2-4-10(14)9-15(21)11-6-7-13(17)12(8-11)16(18,19)20/h2-9H,1H3. The summed E-state index contributed by atoms with van der Waals surface area (Å²) in [6.07, 6.45) is -4.46. The lowest BCUT2D eigenvalue weighted by Gasteiger charge is -2.11. The Morgan fingerprint density at radius 1 is 1.00 bits per heavy atom. The van der Waals surface area contributed by atoms with E-state index in [0.29, 0.717) is 5.56 Å². The molecule has 1 aromatic heterocycles. The number of aryl methyl sites for hydroxylation is 1. The van der Waals surface area contributed by atoms with Crippen molar-refractivity contribution in [2.45, 2.75) is 6.18 Å². The number of hydrogen-bond acceptors (Lipinski definition) is 0. The first-order valence-electron chi connectivity index (χ1n) is 6.29. The lowest BCUT2D eigenvalue weighted by molar-refractivity contribution is -0.137. The van der Waals surface area contributed by atoms with Gasteiger partial charge in [0.15, 0.2) is 0 Å². The Morgan fingerprint density at radius 2 is 1.71 bits per heavy atom. The molecule has 0 aliphatic rings. The van der Waals surface area contributed by atoms with Crippen molar-refractivity contribution in [3.63, 3.8) is 0 Å². The Morgan fingerprint density at radius 3 is 2.38 bits per heavy atom. The van der Waals surface area contributed by atoms with Gasteiger partial charge in [0.1, 0.15) is 0 Å². The van der Waals surface area contributed by atoms with Crippen LogP contribution in [-0.4, -0.2) is 4.57 Å². The highest BCUT2D eigenvalue weighted by Gasteiger charge is 2.33. The largest absolute Gasteiger partial charge is 0.417 e. The predicted octanol–water partition coefficient (Wildman–Crippen LogP) is 5.52. The van der Waals surface area contributed by atoms with Gasteiger partial charge in [0.25, 0.3) is 0 Å². The number of benzene rings is 2. The first-order valence-corrected chi connectivity index (χ1v) is 6.67. The van der Waals surface area contributed by atoms with Gasteiger partial charge in [-0.1, -0.05) is 35.9 Å². The molecule has 0 bridgehead atoms. The number of para-hydroxylation sites is 1. The molecule has 5 heteroatoms. The van der Waals surface area contributed by atoms with Crippen molar-refractivity contribution in [2.75, 3.05) is 0 Å². The number of alkyl halides is 3. The monoisotopic (exact) mass is 309 g/mol. The SMILES string of the molecule is Cn1c(-c2ccc(Cl)c(C(F)(F)F)c2)cc2ccccc21. The molecule has 0 N–H and O–H groups in total. The molecule has 0 radical (unpaired) electrons. The lowest BCUT2D eigenvalue weighted by Crippen LogP contribution is -2.06. The molecule has 0 unspecified atom stereocenters. The summed E-state index contributed by atoms with van der Waals surface area (Å²) in [4.78, 5) is 0. The van der Waals surface area contributed by atoms with Gasteiger partial charge in [-0.05, 0) is 29.8 Å². The zero-order valence-electron chi connectivity index (χ0n) is 11.1. The normalized spacial score (nSPS) is 12.0. The Labute approximate surface area is 124 Å². The summed E-state index contributed by atoms with van der Waals surface area (Å²) in [7, 11) is 1.83. The van der Waals surface area contributed by atoms with Gasteiger partial charge in [0.05, 0.1) is 10.6 Å². The predicted molar refractivity (Wildman–Crippen MR) is 78.4 cm³/mol. The van der Waals surface area contributed by atoms with Gasteiger partial charge in [-0.15, -0.1) is 0 Å². The van der Waals surface area contributed by atoms with E-state index in [4.69, 9.17) is 11.6 Å². The average molecular weight is 310 g/mol. The molecule has 0 spiro atoms. The third-order valence-electron chi connectivity index (χ3n) is 3.52. The van der Waals surface area contributed by atoms with E-state index in [1.807, 2.05) is 41.9 Å². The second kappa shape index (κ2) is 4.81. The number of aromatic nitrogens is 1. The molecular formula is C16H11ClF3N. The number of fused-ring (bicyclic) bond motifs is 1. The summed E-state index contributed by atoms with van der Waals surface area (Å²) in [6.45, 7) is 0. The first-order chi connectivity index (χ1) is 9.88. The van der Waals surface area contributed by atoms with E-state index in [1.165, 1.54) is 6.07 Å². The molecule has 0 aliphatic heterocycles. The van der Waals surface area contributed by atoms with E-state index < -0.39 is 11.7 Å². The summed E-state index contributed by atoms with van der Waals surface area (Å²) in [6, 6.07) is 13.5. The van der Waals surface area contributed by atoms with Crippen LogP contribution in [0.25, 0.3) is 22.2 Å². The summed E-state index contributed by atoms with van der Waals surface area (Å²) >= 11 is 5.66. The lowest BCUT2D eigenvalue weighted by atomic mass is 10.1. The van der Waals surface area contributed by atoms with Crippen LogP contribution in [0, 0.1) is 0 Å². The van der Waals surface area contributed by atoms with Gasteiger partial charge in [-0.3, -0.25) is 0 Å². The highest BCUT2D eigenvalue weighted by molar-refractivity contribution is 6.31. The van der Waals surface area contributed by atoms with Crippen molar-refractivity contribution < 1.29 is 13.2 Å². The zero-order chi connectivity index (χ0) is 15.2. The van der Waals surface area contributed by atoms with Crippen molar-refractivity contribution in [3.05, 3.63) is 59.1 Å². The highest BCUT2D eigenvalue weighted by Crippen LogP contribution is 2.38. The van der Waals surface area contributed by atoms with Crippen LogP contribution in [-0.2, 0) is 13.2 Å². The van der Waals surface area contributed by atoms with Crippen molar-refractivity contribution in [1.82, 2.24) is 4.57 Å². The van der Waals surface area contributed by atoms with E-state index in [0.717, 1.165) is 22.7 Å². The summed E-state index contributed by atoms with van der Waals surface area (Å²) in [5, 5.41) is 0.698. The van der Waals surface area contributed by atoms with Crippen molar-refractivity contribution >= 4 is 22.5 Å². The van der Waals surface area contributed by atoms with Crippen LogP contribution in [0.1, 0.15) is 5.56 Å². The van der Waals surface area contributed by atoms with Crippen LogP contribution in [0.15, 0.2) is 48.5 Å². The minimum Gasteiger partial charge on any atom is -0.344 e. The molecule has 0 saturated carbocycles. The first kappa shape index (κ1) is 14.0. The molecule has 0 aliphatic carbocycles. The van der Waals surface area contributed by atoms with Gasteiger partial charge in [0, 0.05) is 23.6 Å². The second-order valence-corrected chi connectivity index (χ2v) is 5.25. The topological polar surface area (TPSA) is 4.93 Å². The third kappa shape index (κ3) is 2.40. The third-order valence-corrected chi connectivity index (χ3v) is 3.85.